The highest BCUT2D eigenvalue weighted by molar-refractivity contribution is 5.94. The highest BCUT2D eigenvalue weighted by Gasteiger charge is 2.43. The van der Waals surface area contributed by atoms with E-state index in [2.05, 4.69) is 5.32 Å². The number of hydrogen-bond acceptors (Lipinski definition) is 6. The largest absolute Gasteiger partial charge is 0.395 e. The summed E-state index contributed by atoms with van der Waals surface area (Å²) in [6, 6.07) is -2.26. The van der Waals surface area contributed by atoms with Crippen molar-refractivity contribution >= 4 is 17.7 Å². The summed E-state index contributed by atoms with van der Waals surface area (Å²) in [6.07, 6.45) is 1.50. The molecule has 4 unspecified atom stereocenters. The zero-order valence-electron chi connectivity index (χ0n) is 14.6. The van der Waals surface area contributed by atoms with Crippen LogP contribution in [-0.2, 0) is 14.4 Å². The van der Waals surface area contributed by atoms with E-state index in [4.69, 9.17) is 10.8 Å². The van der Waals surface area contributed by atoms with Crippen molar-refractivity contribution in [3.63, 3.8) is 0 Å². The second-order valence-corrected chi connectivity index (χ2v) is 6.66. The summed E-state index contributed by atoms with van der Waals surface area (Å²) in [5, 5.41) is 21.0. The molecule has 0 aliphatic carbocycles. The molecule has 9 nitrogen and oxygen atoms in total. The molecular formula is C16H28N4O5. The average molecular weight is 356 g/mol. The lowest BCUT2D eigenvalue weighted by Crippen LogP contribution is -2.56. The number of carbonyl (C=O) groups excluding carboxylic acids is 3. The molecule has 0 aromatic heterocycles. The molecule has 2 saturated heterocycles. The number of aliphatic hydroxyl groups is 2. The quantitative estimate of drug-likeness (QED) is 0.426. The smallest absolute Gasteiger partial charge is 0.246 e. The van der Waals surface area contributed by atoms with Crippen molar-refractivity contribution in [2.45, 2.75) is 56.8 Å². The number of carbonyl (C=O) groups is 3. The molecule has 0 radical (unpaired) electrons. The Bertz CT molecular complexity index is 513. The van der Waals surface area contributed by atoms with E-state index < -0.39 is 30.1 Å². The molecule has 5 N–H and O–H groups in total. The lowest BCUT2D eigenvalue weighted by Gasteiger charge is -2.32. The van der Waals surface area contributed by atoms with Gasteiger partial charge in [0.2, 0.25) is 17.7 Å². The van der Waals surface area contributed by atoms with Gasteiger partial charge in [0, 0.05) is 19.6 Å². The SMILES string of the molecule is CC(O)C(N)C(=O)N1CCCC1C(=O)N1CCCC1C(=O)NCCO. The topological polar surface area (TPSA) is 136 Å². The Morgan fingerprint density at radius 3 is 2.36 bits per heavy atom. The van der Waals surface area contributed by atoms with Gasteiger partial charge >= 0.3 is 0 Å². The van der Waals surface area contributed by atoms with Gasteiger partial charge in [-0.05, 0) is 32.6 Å². The molecule has 2 aliphatic heterocycles. The molecule has 0 saturated carbocycles. The van der Waals surface area contributed by atoms with Crippen LogP contribution in [0.25, 0.3) is 0 Å². The van der Waals surface area contributed by atoms with Gasteiger partial charge in [0.05, 0.1) is 12.7 Å². The van der Waals surface area contributed by atoms with E-state index in [-0.39, 0.29) is 25.0 Å². The molecule has 0 spiro atoms. The number of aliphatic hydroxyl groups excluding tert-OH is 2. The molecule has 0 bridgehead atoms. The van der Waals surface area contributed by atoms with E-state index in [1.54, 1.807) is 0 Å². The minimum Gasteiger partial charge on any atom is -0.395 e. The fraction of sp³-hybridized carbons (Fsp3) is 0.812. The molecule has 142 valence electrons. The average Bonchev–Trinajstić information content (AvgIpc) is 3.26. The minimum absolute atomic E-state index is 0.147. The zero-order chi connectivity index (χ0) is 18.6. The number of nitrogens with two attached hydrogens (primary N) is 1. The maximum atomic E-state index is 12.9. The predicted molar refractivity (Wildman–Crippen MR) is 89.2 cm³/mol. The van der Waals surface area contributed by atoms with Gasteiger partial charge < -0.3 is 31.1 Å². The van der Waals surface area contributed by atoms with Crippen molar-refractivity contribution in [1.82, 2.24) is 15.1 Å². The maximum Gasteiger partial charge on any atom is 0.246 e. The van der Waals surface area contributed by atoms with E-state index in [1.165, 1.54) is 16.7 Å². The van der Waals surface area contributed by atoms with Crippen molar-refractivity contribution in [2.24, 2.45) is 5.73 Å². The van der Waals surface area contributed by atoms with Crippen LogP contribution in [0.4, 0.5) is 0 Å². The molecule has 2 aliphatic rings. The molecule has 25 heavy (non-hydrogen) atoms. The summed E-state index contributed by atoms with van der Waals surface area (Å²) in [7, 11) is 0. The van der Waals surface area contributed by atoms with Gasteiger partial charge in [-0.15, -0.1) is 0 Å². The Labute approximate surface area is 147 Å². The summed E-state index contributed by atoms with van der Waals surface area (Å²) < 4.78 is 0. The van der Waals surface area contributed by atoms with Crippen LogP contribution < -0.4 is 11.1 Å². The number of likely N-dealkylation sites (tertiary alicyclic amines) is 2. The fourth-order valence-electron chi connectivity index (χ4n) is 3.48. The predicted octanol–water partition coefficient (Wildman–Crippen LogP) is -2.21. The fourth-order valence-corrected chi connectivity index (χ4v) is 3.48. The first kappa shape index (κ1) is 19.6. The van der Waals surface area contributed by atoms with E-state index in [1.807, 2.05) is 0 Å². The second-order valence-electron chi connectivity index (χ2n) is 6.66. The summed E-state index contributed by atoms with van der Waals surface area (Å²) in [5.41, 5.74) is 5.73. The van der Waals surface area contributed by atoms with E-state index in [0.717, 1.165) is 6.42 Å². The third kappa shape index (κ3) is 4.28. The Hall–Kier alpha value is -1.71. The highest BCUT2D eigenvalue weighted by Crippen LogP contribution is 2.25. The van der Waals surface area contributed by atoms with Crippen LogP contribution >= 0.6 is 0 Å². The van der Waals surface area contributed by atoms with E-state index in [0.29, 0.717) is 32.4 Å². The third-order valence-electron chi connectivity index (χ3n) is 4.88. The van der Waals surface area contributed by atoms with Crippen LogP contribution in [0.15, 0.2) is 0 Å². The summed E-state index contributed by atoms with van der Waals surface area (Å²) in [5.74, 6) is -0.965. The van der Waals surface area contributed by atoms with Gasteiger partial charge in [0.1, 0.15) is 18.1 Å². The molecule has 0 aromatic carbocycles. The summed E-state index contributed by atoms with van der Waals surface area (Å²) in [4.78, 5) is 40.5. The molecule has 2 heterocycles. The van der Waals surface area contributed by atoms with Crippen molar-refractivity contribution in [1.29, 1.82) is 0 Å². The van der Waals surface area contributed by atoms with Gasteiger partial charge in [-0.1, -0.05) is 0 Å². The number of amides is 3. The van der Waals surface area contributed by atoms with Crippen LogP contribution in [0.5, 0.6) is 0 Å². The zero-order valence-corrected chi connectivity index (χ0v) is 14.6. The first-order chi connectivity index (χ1) is 11.9. The summed E-state index contributed by atoms with van der Waals surface area (Å²) in [6.45, 7) is 2.32. The van der Waals surface area contributed by atoms with Gasteiger partial charge in [0.15, 0.2) is 0 Å². The van der Waals surface area contributed by atoms with Crippen molar-refractivity contribution in [3.05, 3.63) is 0 Å². The highest BCUT2D eigenvalue weighted by atomic mass is 16.3. The number of nitrogens with zero attached hydrogens (tertiary/aromatic N) is 2. The minimum atomic E-state index is -1.06. The lowest BCUT2D eigenvalue weighted by molar-refractivity contribution is -0.147. The Morgan fingerprint density at radius 1 is 1.16 bits per heavy atom. The number of nitrogens with one attached hydrogen (secondary N) is 1. The molecule has 9 heteroatoms. The van der Waals surface area contributed by atoms with Gasteiger partial charge in [-0.25, -0.2) is 0 Å². The molecule has 0 aromatic rings. The lowest BCUT2D eigenvalue weighted by atomic mass is 10.1. The summed E-state index contributed by atoms with van der Waals surface area (Å²) >= 11 is 0. The molecular weight excluding hydrogens is 328 g/mol. The number of rotatable bonds is 6. The number of hydrogen-bond donors (Lipinski definition) is 4. The molecule has 4 atom stereocenters. The van der Waals surface area contributed by atoms with E-state index in [9.17, 15) is 19.5 Å². The first-order valence-electron chi connectivity index (χ1n) is 8.81. The van der Waals surface area contributed by atoms with Crippen LogP contribution in [0.3, 0.4) is 0 Å². The van der Waals surface area contributed by atoms with Crippen molar-refractivity contribution in [3.8, 4) is 0 Å². The van der Waals surface area contributed by atoms with Crippen LogP contribution in [0.1, 0.15) is 32.6 Å². The Morgan fingerprint density at radius 2 is 1.76 bits per heavy atom. The molecule has 3 amide bonds. The first-order valence-corrected chi connectivity index (χ1v) is 8.81. The normalized spacial score (nSPS) is 25.8. The van der Waals surface area contributed by atoms with Crippen LogP contribution in [0, 0.1) is 0 Å². The third-order valence-corrected chi connectivity index (χ3v) is 4.88. The Kier molecular flexibility index (Phi) is 6.74. The second kappa shape index (κ2) is 8.59. The van der Waals surface area contributed by atoms with E-state index >= 15 is 0 Å². The van der Waals surface area contributed by atoms with Crippen molar-refractivity contribution < 1.29 is 24.6 Å². The molecule has 2 fully saturated rings. The van der Waals surface area contributed by atoms with Gasteiger partial charge in [0.25, 0.3) is 0 Å². The van der Waals surface area contributed by atoms with Crippen molar-refractivity contribution in [2.75, 3.05) is 26.2 Å². The van der Waals surface area contributed by atoms with Crippen LogP contribution in [0.2, 0.25) is 0 Å². The Balaban J connectivity index is 2.07. The maximum absolute atomic E-state index is 12.9. The van der Waals surface area contributed by atoms with Gasteiger partial charge in [-0.2, -0.15) is 0 Å². The van der Waals surface area contributed by atoms with Crippen LogP contribution in [-0.4, -0.2) is 88.2 Å². The monoisotopic (exact) mass is 356 g/mol. The van der Waals surface area contributed by atoms with Gasteiger partial charge in [-0.3, -0.25) is 14.4 Å². The standard InChI is InChI=1S/C16H28N4O5/c1-10(22)13(17)16(25)20-8-3-5-12(20)15(24)19-7-2-4-11(19)14(23)18-6-9-21/h10-13,21-22H,2-9,17H2,1H3,(H,18,23). The molecule has 2 rings (SSSR count).